The molecule has 1 saturated heterocycles. The maximum absolute atomic E-state index is 14.7. The van der Waals surface area contributed by atoms with Gasteiger partial charge in [-0.1, -0.05) is 17.7 Å². The molecule has 11 heteroatoms. The Morgan fingerprint density at radius 3 is 2.65 bits per heavy atom. The van der Waals surface area contributed by atoms with Crippen molar-refractivity contribution in [3.8, 4) is 0 Å². The van der Waals surface area contributed by atoms with Crippen LogP contribution in [0.15, 0.2) is 47.6 Å². The molecule has 0 atom stereocenters. The Balaban J connectivity index is 1.29. The second-order valence-electron chi connectivity index (χ2n) is 9.39. The van der Waals surface area contributed by atoms with E-state index in [1.807, 2.05) is 6.07 Å². The number of carbonyl (C=O) groups excluding carboxylic acids is 1. The fourth-order valence-corrected chi connectivity index (χ4v) is 5.24. The third kappa shape index (κ3) is 4.15. The van der Waals surface area contributed by atoms with Crippen molar-refractivity contribution in [2.45, 2.75) is 6.92 Å². The Labute approximate surface area is 219 Å². The molecule has 1 N–H and O–H groups in total. The molecule has 0 bridgehead atoms. The molecule has 0 aliphatic carbocycles. The number of nitrogens with one attached hydrogen (secondary N) is 1. The zero-order valence-corrected chi connectivity index (χ0v) is 21.3. The van der Waals surface area contributed by atoms with Gasteiger partial charge in [0.25, 0.3) is 5.91 Å². The zero-order chi connectivity index (χ0) is 25.7. The lowest BCUT2D eigenvalue weighted by Gasteiger charge is -2.35. The molecule has 0 spiro atoms. The number of piperazine rings is 1. The number of hydrogen-bond donors (Lipinski definition) is 1. The number of nitrogens with zero attached hydrogens (tertiary/aromatic N) is 7. The lowest BCUT2D eigenvalue weighted by atomic mass is 10.1. The van der Waals surface area contributed by atoms with Gasteiger partial charge in [0.15, 0.2) is 5.82 Å². The van der Waals surface area contributed by atoms with Crippen LogP contribution in [0.3, 0.4) is 0 Å². The summed E-state index contributed by atoms with van der Waals surface area (Å²) in [4.78, 5) is 34.7. The summed E-state index contributed by atoms with van der Waals surface area (Å²) in [6.07, 6.45) is 1.47. The van der Waals surface area contributed by atoms with Gasteiger partial charge in [0.2, 0.25) is 11.9 Å². The fourth-order valence-electron chi connectivity index (χ4n) is 5.00. The Kier molecular flexibility index (Phi) is 5.92. The number of aliphatic imine (C=N–C) groups is 1. The molecule has 1 aromatic heterocycles. The van der Waals surface area contributed by atoms with Crippen LogP contribution < -0.4 is 20.0 Å². The molecule has 0 radical (unpaired) electrons. The van der Waals surface area contributed by atoms with E-state index in [1.165, 1.54) is 28.9 Å². The van der Waals surface area contributed by atoms with E-state index in [9.17, 15) is 9.18 Å². The van der Waals surface area contributed by atoms with E-state index < -0.39 is 11.7 Å². The molecule has 0 saturated carbocycles. The molecule has 190 valence electrons. The van der Waals surface area contributed by atoms with Crippen LogP contribution in [0.4, 0.5) is 33.2 Å². The first kappa shape index (κ1) is 23.6. The summed E-state index contributed by atoms with van der Waals surface area (Å²) in [5.74, 6) is 0.0305. The van der Waals surface area contributed by atoms with Crippen molar-refractivity contribution in [1.82, 2.24) is 14.9 Å². The fraction of sp³-hybridized carbons (Fsp3) is 0.308. The number of halogens is 2. The number of para-hydroxylation sites is 1. The van der Waals surface area contributed by atoms with Crippen LogP contribution in [0.5, 0.6) is 0 Å². The first-order chi connectivity index (χ1) is 17.9. The first-order valence-corrected chi connectivity index (χ1v) is 12.6. The second-order valence-corrected chi connectivity index (χ2v) is 9.80. The van der Waals surface area contributed by atoms with Crippen molar-refractivity contribution < 1.29 is 9.18 Å². The third-order valence-electron chi connectivity index (χ3n) is 6.93. The molecule has 1 amide bonds. The molecule has 4 heterocycles. The molecule has 3 aliphatic rings. The first-order valence-electron chi connectivity index (χ1n) is 12.2. The van der Waals surface area contributed by atoms with Crippen LogP contribution >= 0.6 is 11.6 Å². The van der Waals surface area contributed by atoms with Crippen molar-refractivity contribution >= 4 is 52.3 Å². The van der Waals surface area contributed by atoms with Crippen LogP contribution in [0.2, 0.25) is 5.02 Å². The molecule has 37 heavy (non-hydrogen) atoms. The van der Waals surface area contributed by atoms with Gasteiger partial charge in [-0.25, -0.2) is 14.3 Å². The number of benzene rings is 2. The minimum atomic E-state index is -0.603. The SMILES string of the molecule is Cc1cc(Nc2ncc3c(n2)N2CCN=C2N(c2c(F)cccc2Cl)C3=O)ccc1N1CCN(C)CC1. The number of amides is 1. The molecule has 3 aliphatic heterocycles. The van der Waals surface area contributed by atoms with Gasteiger partial charge in [0.1, 0.15) is 17.1 Å². The number of aromatic nitrogens is 2. The highest BCUT2D eigenvalue weighted by Crippen LogP contribution is 2.37. The number of guanidine groups is 1. The molecular formula is C26H26ClFN8O. The van der Waals surface area contributed by atoms with Crippen molar-refractivity contribution in [3.63, 3.8) is 0 Å². The Morgan fingerprint density at radius 2 is 1.89 bits per heavy atom. The molecular weight excluding hydrogens is 495 g/mol. The summed E-state index contributed by atoms with van der Waals surface area (Å²) in [6.45, 7) is 7.15. The van der Waals surface area contributed by atoms with Crippen LogP contribution in [-0.2, 0) is 0 Å². The average Bonchev–Trinajstić information content (AvgIpc) is 3.36. The van der Waals surface area contributed by atoms with E-state index >= 15 is 0 Å². The summed E-state index contributed by atoms with van der Waals surface area (Å²) in [7, 11) is 2.15. The van der Waals surface area contributed by atoms with Gasteiger partial charge in [-0.15, -0.1) is 0 Å². The van der Waals surface area contributed by atoms with Gasteiger partial charge >= 0.3 is 0 Å². The zero-order valence-electron chi connectivity index (χ0n) is 20.6. The quantitative estimate of drug-likeness (QED) is 0.558. The van der Waals surface area contributed by atoms with Gasteiger partial charge in [0.05, 0.1) is 11.6 Å². The number of hydrogen-bond acceptors (Lipinski definition) is 8. The molecule has 6 rings (SSSR count). The summed E-state index contributed by atoms with van der Waals surface area (Å²) < 4.78 is 14.7. The number of rotatable bonds is 4. The highest BCUT2D eigenvalue weighted by molar-refractivity contribution is 6.38. The standard InChI is InChI=1S/C26H26ClFN8O/c1-16-14-17(6-7-21(16)34-12-10-33(2)11-13-34)31-25-30-15-18-23(32-25)35-9-8-29-26(35)36(24(18)37)22-19(27)4-3-5-20(22)28/h3-7,14-15H,8-13H2,1-2H3,(H,30,31,32). The maximum Gasteiger partial charge on any atom is 0.270 e. The van der Waals surface area contributed by atoms with E-state index in [4.69, 9.17) is 11.6 Å². The van der Waals surface area contributed by atoms with E-state index in [2.05, 4.69) is 56.2 Å². The monoisotopic (exact) mass is 520 g/mol. The van der Waals surface area contributed by atoms with Crippen LogP contribution in [0.1, 0.15) is 15.9 Å². The highest BCUT2D eigenvalue weighted by Gasteiger charge is 2.41. The lowest BCUT2D eigenvalue weighted by molar-refractivity contribution is 0.0999. The number of aryl methyl sites for hydroxylation is 1. The minimum absolute atomic E-state index is 0.0245. The van der Waals surface area contributed by atoms with Gasteiger partial charge < -0.3 is 15.1 Å². The van der Waals surface area contributed by atoms with Crippen LogP contribution in [-0.4, -0.2) is 73.1 Å². The van der Waals surface area contributed by atoms with Gasteiger partial charge in [-0.2, -0.15) is 4.98 Å². The van der Waals surface area contributed by atoms with Gasteiger partial charge in [0, 0.05) is 50.3 Å². The predicted octanol–water partition coefficient (Wildman–Crippen LogP) is 3.91. The van der Waals surface area contributed by atoms with Crippen molar-refractivity contribution in [2.75, 3.05) is 66.3 Å². The molecule has 1 fully saturated rings. The second kappa shape index (κ2) is 9.28. The predicted molar refractivity (Wildman–Crippen MR) is 144 cm³/mol. The normalized spacial score (nSPS) is 17.6. The smallest absolute Gasteiger partial charge is 0.270 e. The summed E-state index contributed by atoms with van der Waals surface area (Å²) in [6, 6.07) is 10.5. The highest BCUT2D eigenvalue weighted by atomic mass is 35.5. The molecule has 9 nitrogen and oxygen atoms in total. The van der Waals surface area contributed by atoms with E-state index in [-0.39, 0.29) is 16.3 Å². The van der Waals surface area contributed by atoms with Crippen molar-refractivity contribution in [1.29, 1.82) is 0 Å². The van der Waals surface area contributed by atoms with Crippen LogP contribution in [0, 0.1) is 12.7 Å². The Morgan fingerprint density at radius 1 is 1.08 bits per heavy atom. The largest absolute Gasteiger partial charge is 0.369 e. The van der Waals surface area contributed by atoms with E-state index in [1.54, 1.807) is 11.0 Å². The minimum Gasteiger partial charge on any atom is -0.369 e. The average molecular weight is 521 g/mol. The van der Waals surface area contributed by atoms with Crippen LogP contribution in [0.25, 0.3) is 0 Å². The third-order valence-corrected chi connectivity index (χ3v) is 7.24. The molecule has 0 unspecified atom stereocenters. The number of carbonyl (C=O) groups is 1. The Bertz CT molecular complexity index is 1400. The van der Waals surface area contributed by atoms with Gasteiger partial charge in [-0.05, 0) is 49.9 Å². The number of likely N-dealkylation sites (N-methyl/N-ethyl adjacent to an activating group) is 1. The summed E-state index contributed by atoms with van der Waals surface area (Å²) >= 11 is 6.29. The maximum atomic E-state index is 14.7. The molecule has 2 aromatic carbocycles. The van der Waals surface area contributed by atoms with Gasteiger partial charge in [-0.3, -0.25) is 14.7 Å². The van der Waals surface area contributed by atoms with Crippen molar-refractivity contribution in [2.24, 2.45) is 4.99 Å². The van der Waals surface area contributed by atoms with E-state index in [0.29, 0.717) is 30.8 Å². The van der Waals surface area contributed by atoms with E-state index in [0.717, 1.165) is 37.4 Å². The molecule has 3 aromatic rings. The van der Waals surface area contributed by atoms with Crippen molar-refractivity contribution in [3.05, 3.63) is 64.6 Å². The number of anilines is 5. The lowest BCUT2D eigenvalue weighted by Crippen LogP contribution is -2.51. The summed E-state index contributed by atoms with van der Waals surface area (Å²) in [5, 5.41) is 3.39. The summed E-state index contributed by atoms with van der Waals surface area (Å²) in [5.41, 5.74) is 3.47. The Hall–Kier alpha value is -3.76. The topological polar surface area (TPSA) is 80.2 Å². The number of fused-ring (bicyclic) bond motifs is 3.